The molecule has 1 amide bonds. The van der Waals surface area contributed by atoms with Gasteiger partial charge in [-0.2, -0.15) is 15.1 Å². The summed E-state index contributed by atoms with van der Waals surface area (Å²) < 4.78 is 19.4. The third-order valence-corrected chi connectivity index (χ3v) is 6.22. The number of hydrogen-bond donors (Lipinski definition) is 1. The Hall–Kier alpha value is -3.50. The Balaban J connectivity index is 1.50. The van der Waals surface area contributed by atoms with Crippen LogP contribution in [0, 0.1) is 5.92 Å². The first-order valence-electron chi connectivity index (χ1n) is 10.6. The van der Waals surface area contributed by atoms with Gasteiger partial charge in [0.1, 0.15) is 0 Å². The third kappa shape index (κ3) is 3.28. The normalized spacial score (nSPS) is 22.7. The van der Waals surface area contributed by atoms with Crippen LogP contribution < -0.4 is 10.2 Å². The van der Waals surface area contributed by atoms with Crippen LogP contribution in [0.3, 0.4) is 0 Å². The van der Waals surface area contributed by atoms with Crippen molar-refractivity contribution in [3.8, 4) is 0 Å². The minimum Gasteiger partial charge on any atom is -0.337 e. The number of fused-ring (bicyclic) bond motifs is 2. The maximum atomic E-state index is 15.7. The summed E-state index contributed by atoms with van der Waals surface area (Å²) in [5.41, 5.74) is 0.608. The van der Waals surface area contributed by atoms with Crippen LogP contribution in [-0.2, 0) is 11.8 Å². The van der Waals surface area contributed by atoms with Crippen molar-refractivity contribution >= 4 is 34.5 Å². The number of halogens is 1. The Morgan fingerprint density at radius 3 is 2.81 bits per heavy atom. The molecule has 2 unspecified atom stereocenters. The SMILES string of the molecule is C=CC(=O)N1CC2CN(c3nc(Nc4cnn(C)c4)c4ncn(C(C)C)c4n3)CC2(F)C1. The highest BCUT2D eigenvalue weighted by molar-refractivity contribution is 5.88. The quantitative estimate of drug-likeness (QED) is 0.608. The Morgan fingerprint density at radius 1 is 1.34 bits per heavy atom. The van der Waals surface area contributed by atoms with Crippen LogP contribution in [0.25, 0.3) is 11.2 Å². The van der Waals surface area contributed by atoms with Crippen LogP contribution in [-0.4, -0.2) is 72.0 Å². The molecule has 3 aromatic rings. The van der Waals surface area contributed by atoms with Gasteiger partial charge in [-0.1, -0.05) is 6.58 Å². The monoisotopic (exact) mass is 439 g/mol. The van der Waals surface area contributed by atoms with E-state index < -0.39 is 5.67 Å². The van der Waals surface area contributed by atoms with Gasteiger partial charge in [-0.15, -0.1) is 0 Å². The van der Waals surface area contributed by atoms with Crippen LogP contribution in [0.1, 0.15) is 19.9 Å². The number of amides is 1. The van der Waals surface area contributed by atoms with Crippen LogP contribution in [0.2, 0.25) is 0 Å². The Kier molecular flexibility index (Phi) is 4.64. The number of likely N-dealkylation sites (tertiary alicyclic amines) is 1. The molecule has 10 nitrogen and oxygen atoms in total. The number of alkyl halides is 1. The van der Waals surface area contributed by atoms with Crippen molar-refractivity contribution in [1.82, 2.24) is 34.2 Å². The summed E-state index contributed by atoms with van der Waals surface area (Å²) in [5.74, 6) is 0.463. The van der Waals surface area contributed by atoms with Crippen molar-refractivity contribution in [2.45, 2.75) is 25.6 Å². The summed E-state index contributed by atoms with van der Waals surface area (Å²) in [6.45, 7) is 8.61. The molecule has 3 aromatic heterocycles. The van der Waals surface area contributed by atoms with Crippen LogP contribution in [0.5, 0.6) is 0 Å². The number of aryl methyl sites for hydroxylation is 1. The van der Waals surface area contributed by atoms with E-state index in [1.54, 1.807) is 17.2 Å². The van der Waals surface area contributed by atoms with E-state index in [0.29, 0.717) is 36.0 Å². The molecule has 0 saturated carbocycles. The third-order valence-electron chi connectivity index (χ3n) is 6.22. The average molecular weight is 439 g/mol. The highest BCUT2D eigenvalue weighted by atomic mass is 19.1. The minimum atomic E-state index is -1.49. The van der Waals surface area contributed by atoms with Crippen molar-refractivity contribution in [1.29, 1.82) is 0 Å². The molecule has 2 saturated heterocycles. The zero-order valence-corrected chi connectivity index (χ0v) is 18.4. The van der Waals surface area contributed by atoms with Crippen LogP contribution in [0.4, 0.5) is 21.8 Å². The Morgan fingerprint density at radius 2 is 2.16 bits per heavy atom. The van der Waals surface area contributed by atoms with E-state index in [9.17, 15) is 4.79 Å². The highest BCUT2D eigenvalue weighted by Crippen LogP contribution is 2.40. The van der Waals surface area contributed by atoms with E-state index in [4.69, 9.17) is 9.97 Å². The van der Waals surface area contributed by atoms with Crippen molar-refractivity contribution in [3.05, 3.63) is 31.4 Å². The van der Waals surface area contributed by atoms with Gasteiger partial charge >= 0.3 is 0 Å². The summed E-state index contributed by atoms with van der Waals surface area (Å²) in [4.78, 5) is 29.4. The molecule has 2 aliphatic rings. The topological polar surface area (TPSA) is 97.0 Å². The van der Waals surface area contributed by atoms with Crippen LogP contribution >= 0.6 is 0 Å². The molecular formula is C21H26FN9O. The Labute approximate surface area is 184 Å². The lowest BCUT2D eigenvalue weighted by Gasteiger charge is -2.23. The lowest BCUT2D eigenvalue weighted by atomic mass is 9.97. The number of carbonyl (C=O) groups is 1. The van der Waals surface area contributed by atoms with E-state index in [-0.39, 0.29) is 31.0 Å². The van der Waals surface area contributed by atoms with Gasteiger partial charge in [0.15, 0.2) is 22.7 Å². The van der Waals surface area contributed by atoms with Gasteiger partial charge in [0.2, 0.25) is 11.9 Å². The predicted molar refractivity (Wildman–Crippen MR) is 119 cm³/mol. The number of imidazole rings is 1. The second-order valence-corrected chi connectivity index (χ2v) is 8.85. The van der Waals surface area contributed by atoms with Gasteiger partial charge in [-0.05, 0) is 19.9 Å². The van der Waals surface area contributed by atoms with Crippen molar-refractivity contribution in [3.63, 3.8) is 0 Å². The van der Waals surface area contributed by atoms with E-state index >= 15 is 4.39 Å². The second-order valence-electron chi connectivity index (χ2n) is 8.85. The standard InChI is InChI=1S/C21H26FN9O/c1-5-16(32)29-7-14-8-30(11-21(14,22)10-29)20-26-18(25-15-6-24-28(4)9-15)17-19(27-20)31(12-23-17)13(2)3/h5-6,9,12-14H,1,7-8,10-11H2,2-4H3,(H,25,26,27). The van der Waals surface area contributed by atoms with Crippen molar-refractivity contribution in [2.75, 3.05) is 36.4 Å². The molecule has 0 aliphatic carbocycles. The predicted octanol–water partition coefficient (Wildman–Crippen LogP) is 2.06. The summed E-state index contributed by atoms with van der Waals surface area (Å²) in [6.07, 6.45) is 6.53. The molecule has 5 rings (SSSR count). The molecule has 168 valence electrons. The van der Waals surface area contributed by atoms with Gasteiger partial charge in [-0.3, -0.25) is 9.48 Å². The fourth-order valence-electron chi connectivity index (χ4n) is 4.57. The van der Waals surface area contributed by atoms with Gasteiger partial charge in [0, 0.05) is 38.3 Å². The lowest BCUT2D eigenvalue weighted by molar-refractivity contribution is -0.125. The number of carbonyl (C=O) groups excluding carboxylic acids is 1. The molecule has 32 heavy (non-hydrogen) atoms. The largest absolute Gasteiger partial charge is 0.337 e. The smallest absolute Gasteiger partial charge is 0.246 e. The highest BCUT2D eigenvalue weighted by Gasteiger charge is 2.54. The van der Waals surface area contributed by atoms with Gasteiger partial charge in [0.25, 0.3) is 0 Å². The maximum Gasteiger partial charge on any atom is 0.246 e. The molecule has 5 heterocycles. The lowest BCUT2D eigenvalue weighted by Crippen LogP contribution is -2.38. The fraction of sp³-hybridized carbons (Fsp3) is 0.476. The molecule has 0 bridgehead atoms. The first-order valence-corrected chi connectivity index (χ1v) is 10.6. The molecule has 2 fully saturated rings. The molecule has 11 heteroatoms. The minimum absolute atomic E-state index is 0.0615. The zero-order chi connectivity index (χ0) is 22.6. The van der Waals surface area contributed by atoms with Crippen LogP contribution in [0.15, 0.2) is 31.4 Å². The summed E-state index contributed by atoms with van der Waals surface area (Å²) in [6, 6.07) is 0.151. The summed E-state index contributed by atoms with van der Waals surface area (Å²) in [7, 11) is 1.84. The first-order chi connectivity index (χ1) is 15.3. The van der Waals surface area contributed by atoms with Crippen molar-refractivity contribution < 1.29 is 9.18 Å². The number of aromatic nitrogens is 6. The molecule has 1 N–H and O–H groups in total. The fourth-order valence-corrected chi connectivity index (χ4v) is 4.57. The van der Waals surface area contributed by atoms with E-state index in [2.05, 4.69) is 35.8 Å². The second kappa shape index (κ2) is 7.28. The van der Waals surface area contributed by atoms with Crippen molar-refractivity contribution in [2.24, 2.45) is 13.0 Å². The number of hydrogen-bond acceptors (Lipinski definition) is 7. The summed E-state index contributed by atoms with van der Waals surface area (Å²) >= 11 is 0. The summed E-state index contributed by atoms with van der Waals surface area (Å²) in [5, 5.41) is 7.47. The molecule has 0 aromatic carbocycles. The molecule has 2 aliphatic heterocycles. The van der Waals surface area contributed by atoms with Gasteiger partial charge < -0.3 is 19.7 Å². The molecular weight excluding hydrogens is 413 g/mol. The maximum absolute atomic E-state index is 15.7. The van der Waals surface area contributed by atoms with Gasteiger partial charge in [0.05, 0.1) is 31.3 Å². The first kappa shape index (κ1) is 20.4. The average Bonchev–Trinajstić information content (AvgIpc) is 3.48. The van der Waals surface area contributed by atoms with E-state index in [0.717, 1.165) is 5.69 Å². The molecule has 0 spiro atoms. The van der Waals surface area contributed by atoms with Gasteiger partial charge in [-0.25, -0.2) is 9.37 Å². The number of nitrogens with one attached hydrogen (secondary N) is 1. The molecule has 2 atom stereocenters. The number of anilines is 3. The Bertz CT molecular complexity index is 1200. The number of nitrogens with zero attached hydrogens (tertiary/aromatic N) is 8. The zero-order valence-electron chi connectivity index (χ0n) is 18.4. The molecule has 0 radical (unpaired) electrons. The number of rotatable bonds is 5. The van der Waals surface area contributed by atoms with E-state index in [1.807, 2.05) is 22.7 Å². The van der Waals surface area contributed by atoms with E-state index in [1.165, 1.54) is 11.0 Å².